The number of benzene rings is 1. The zero-order chi connectivity index (χ0) is 6.85. The maximum atomic E-state index is 5.72. The van der Waals surface area contributed by atoms with Crippen LogP contribution >= 0.6 is 32.4 Å². The van der Waals surface area contributed by atoms with Gasteiger partial charge in [0.25, 0.3) is 0 Å². The molecule has 10 heavy (non-hydrogen) atoms. The number of halogens is 2. The van der Waals surface area contributed by atoms with E-state index < -0.39 is 0 Å². The molecular formula is C6H6Cl2NaP. The molecule has 0 amide bonds. The van der Waals surface area contributed by atoms with Crippen LogP contribution in [0.5, 0.6) is 0 Å². The summed E-state index contributed by atoms with van der Waals surface area (Å²) >= 11 is 11.4. The Labute approximate surface area is 94.8 Å². The molecule has 0 aliphatic carbocycles. The predicted octanol–water partition coefficient (Wildman–Crippen LogP) is 1.85. The van der Waals surface area contributed by atoms with E-state index in [4.69, 9.17) is 23.2 Å². The molecule has 0 aromatic heterocycles. The van der Waals surface area contributed by atoms with E-state index >= 15 is 0 Å². The molecule has 0 fully saturated rings. The van der Waals surface area contributed by atoms with Crippen molar-refractivity contribution in [3.63, 3.8) is 0 Å². The molecule has 0 radical (unpaired) electrons. The van der Waals surface area contributed by atoms with Crippen molar-refractivity contribution in [2.45, 2.75) is 0 Å². The van der Waals surface area contributed by atoms with Crippen molar-refractivity contribution in [2.24, 2.45) is 0 Å². The van der Waals surface area contributed by atoms with Gasteiger partial charge >= 0.3 is 29.6 Å². The van der Waals surface area contributed by atoms with Crippen LogP contribution in [0.1, 0.15) is 0 Å². The van der Waals surface area contributed by atoms with Crippen LogP contribution in [0, 0.1) is 0 Å². The predicted molar refractivity (Wildman–Crippen MR) is 53.0 cm³/mol. The molecule has 0 bridgehead atoms. The molecule has 1 unspecified atom stereocenters. The summed E-state index contributed by atoms with van der Waals surface area (Å²) in [5.41, 5.74) is 0. The van der Waals surface area contributed by atoms with Gasteiger partial charge in [0, 0.05) is 0 Å². The molecule has 0 aliphatic rings. The van der Waals surface area contributed by atoms with Crippen molar-refractivity contribution in [1.29, 1.82) is 0 Å². The van der Waals surface area contributed by atoms with Crippen LogP contribution in [-0.2, 0) is 0 Å². The summed E-state index contributed by atoms with van der Waals surface area (Å²) in [4.78, 5) is 0. The molecule has 0 saturated heterocycles. The average Bonchev–Trinajstić information content (AvgIpc) is 1.83. The Kier molecular flexibility index (Phi) is 5.59. The van der Waals surface area contributed by atoms with E-state index in [0.29, 0.717) is 10.0 Å². The Morgan fingerprint density at radius 3 is 2.20 bits per heavy atom. The molecule has 50 valence electrons. The molecule has 0 nitrogen and oxygen atoms in total. The molecule has 0 aliphatic heterocycles. The van der Waals surface area contributed by atoms with Gasteiger partial charge in [-0.15, -0.1) is 9.24 Å². The van der Waals surface area contributed by atoms with Crippen LogP contribution in [0.15, 0.2) is 18.2 Å². The summed E-state index contributed by atoms with van der Waals surface area (Å²) in [7, 11) is 2.50. The molecule has 1 aromatic rings. The fraction of sp³-hybridized carbons (Fsp3) is 0. The minimum absolute atomic E-state index is 0. The Morgan fingerprint density at radius 2 is 1.80 bits per heavy atom. The number of rotatable bonds is 0. The van der Waals surface area contributed by atoms with Gasteiger partial charge in [0.1, 0.15) is 0 Å². The van der Waals surface area contributed by atoms with Crippen molar-refractivity contribution < 1.29 is 0 Å². The van der Waals surface area contributed by atoms with Gasteiger partial charge in [-0.3, -0.25) is 0 Å². The van der Waals surface area contributed by atoms with E-state index in [2.05, 4.69) is 9.24 Å². The Morgan fingerprint density at radius 1 is 1.20 bits per heavy atom. The Bertz CT molecular complexity index is 207. The third-order valence-corrected chi connectivity index (χ3v) is 2.48. The summed E-state index contributed by atoms with van der Waals surface area (Å²) in [5.74, 6) is 0. The fourth-order valence-electron chi connectivity index (χ4n) is 0.520. The van der Waals surface area contributed by atoms with Crippen LogP contribution in [0.4, 0.5) is 0 Å². The summed E-state index contributed by atoms with van der Waals surface area (Å²) in [6.07, 6.45) is 0. The van der Waals surface area contributed by atoms with Crippen LogP contribution in [0.2, 0.25) is 10.0 Å². The first-order valence-corrected chi connectivity index (χ1v) is 3.74. The first-order chi connectivity index (χ1) is 4.22. The summed E-state index contributed by atoms with van der Waals surface area (Å²) < 4.78 is 0. The molecule has 0 saturated carbocycles. The van der Waals surface area contributed by atoms with E-state index in [1.54, 1.807) is 6.07 Å². The van der Waals surface area contributed by atoms with Gasteiger partial charge in [-0.2, -0.15) is 0 Å². The van der Waals surface area contributed by atoms with Crippen molar-refractivity contribution in [3.8, 4) is 0 Å². The SMILES string of the molecule is Pc1cccc(Cl)c1Cl.[NaH]. The second kappa shape index (κ2) is 4.98. The zero-order valence-corrected chi connectivity index (χ0v) is 7.23. The van der Waals surface area contributed by atoms with E-state index in [0.717, 1.165) is 5.30 Å². The molecule has 0 N–H and O–H groups in total. The standard InChI is InChI=1S/C6H5Cl2P.Na.H/c7-4-2-1-3-5(9)6(4)8;;/h1-3H,9H2;;. The second-order valence-electron chi connectivity index (χ2n) is 1.64. The molecule has 1 rings (SSSR count). The maximum absolute atomic E-state index is 5.72. The van der Waals surface area contributed by atoms with E-state index in [9.17, 15) is 0 Å². The van der Waals surface area contributed by atoms with Gasteiger partial charge in [-0.1, -0.05) is 35.3 Å². The summed E-state index contributed by atoms with van der Waals surface area (Å²) in [6.45, 7) is 0. The van der Waals surface area contributed by atoms with E-state index in [-0.39, 0.29) is 29.6 Å². The first kappa shape index (κ1) is 11.2. The van der Waals surface area contributed by atoms with Gasteiger partial charge in [0.15, 0.2) is 0 Å². The third kappa shape index (κ3) is 2.70. The number of hydrogen-bond donors (Lipinski definition) is 0. The Hall–Kier alpha value is 1.23. The fourth-order valence-corrected chi connectivity index (χ4v) is 1.19. The van der Waals surface area contributed by atoms with Crippen LogP contribution in [-0.4, -0.2) is 29.6 Å². The van der Waals surface area contributed by atoms with Crippen molar-refractivity contribution in [3.05, 3.63) is 28.2 Å². The second-order valence-corrected chi connectivity index (χ2v) is 3.05. The molecular weight excluding hydrogens is 197 g/mol. The van der Waals surface area contributed by atoms with Gasteiger partial charge in [0.2, 0.25) is 0 Å². The quantitative estimate of drug-likeness (QED) is 0.445. The average molecular weight is 203 g/mol. The van der Waals surface area contributed by atoms with Gasteiger partial charge in [-0.25, -0.2) is 0 Å². The summed E-state index contributed by atoms with van der Waals surface area (Å²) in [5, 5.41) is 2.15. The van der Waals surface area contributed by atoms with Crippen molar-refractivity contribution in [2.75, 3.05) is 0 Å². The normalized spacial score (nSPS) is 8.70. The molecule has 1 aromatic carbocycles. The van der Waals surface area contributed by atoms with E-state index in [1.165, 1.54) is 0 Å². The zero-order valence-electron chi connectivity index (χ0n) is 4.57. The molecule has 4 heteroatoms. The minimum atomic E-state index is 0. The number of hydrogen-bond acceptors (Lipinski definition) is 0. The molecule has 0 spiro atoms. The van der Waals surface area contributed by atoms with Gasteiger partial charge in [-0.05, 0) is 11.4 Å². The first-order valence-electron chi connectivity index (χ1n) is 2.41. The molecule has 0 heterocycles. The Balaban J connectivity index is 0.000000810. The van der Waals surface area contributed by atoms with Crippen molar-refractivity contribution >= 4 is 67.3 Å². The van der Waals surface area contributed by atoms with Crippen LogP contribution < -0.4 is 5.30 Å². The topological polar surface area (TPSA) is 0 Å². The third-order valence-electron chi connectivity index (χ3n) is 0.981. The molecule has 1 atom stereocenters. The van der Waals surface area contributed by atoms with Gasteiger partial charge < -0.3 is 0 Å². The summed E-state index contributed by atoms with van der Waals surface area (Å²) in [6, 6.07) is 5.51. The van der Waals surface area contributed by atoms with E-state index in [1.807, 2.05) is 12.1 Å². The monoisotopic (exact) mass is 202 g/mol. The van der Waals surface area contributed by atoms with Crippen LogP contribution in [0.3, 0.4) is 0 Å². The van der Waals surface area contributed by atoms with Crippen LogP contribution in [0.25, 0.3) is 0 Å². The van der Waals surface area contributed by atoms with Gasteiger partial charge in [0.05, 0.1) is 10.0 Å². The van der Waals surface area contributed by atoms with Crippen molar-refractivity contribution in [1.82, 2.24) is 0 Å².